The van der Waals surface area contributed by atoms with Crippen molar-refractivity contribution >= 4 is 34.3 Å². The predicted octanol–water partition coefficient (Wildman–Crippen LogP) is 5.29. The van der Waals surface area contributed by atoms with Gasteiger partial charge in [-0.3, -0.25) is 4.79 Å². The maximum Gasteiger partial charge on any atom is 0.234 e. The zero-order valence-corrected chi connectivity index (χ0v) is 17.3. The average molecular weight is 434 g/mol. The van der Waals surface area contributed by atoms with Crippen LogP contribution in [0.3, 0.4) is 0 Å². The van der Waals surface area contributed by atoms with Crippen molar-refractivity contribution in [3.05, 3.63) is 84.3 Å². The zero-order valence-electron chi connectivity index (χ0n) is 16.5. The maximum absolute atomic E-state index is 13.6. The van der Waals surface area contributed by atoms with Crippen molar-refractivity contribution in [1.29, 1.82) is 0 Å². The van der Waals surface area contributed by atoms with Crippen LogP contribution in [-0.2, 0) is 11.3 Å². The van der Waals surface area contributed by atoms with E-state index in [0.717, 1.165) is 21.4 Å². The SMILES string of the molecule is O=C(CSc1cn(Cc2cccc(F)c2)c2ccccc12)Nc1ccc2c(c1)OCO2. The van der Waals surface area contributed by atoms with Crippen LogP contribution >= 0.6 is 11.8 Å². The summed E-state index contributed by atoms with van der Waals surface area (Å²) in [5.41, 5.74) is 2.60. The lowest BCUT2D eigenvalue weighted by Gasteiger charge is -2.06. The summed E-state index contributed by atoms with van der Waals surface area (Å²) in [4.78, 5) is 13.5. The fraction of sp³-hybridized carbons (Fsp3) is 0.125. The number of nitrogens with zero attached hydrogens (tertiary/aromatic N) is 1. The molecule has 0 atom stereocenters. The highest BCUT2D eigenvalue weighted by Crippen LogP contribution is 2.34. The van der Waals surface area contributed by atoms with Gasteiger partial charge in [0.15, 0.2) is 11.5 Å². The van der Waals surface area contributed by atoms with E-state index < -0.39 is 0 Å². The smallest absolute Gasteiger partial charge is 0.234 e. The van der Waals surface area contributed by atoms with Gasteiger partial charge in [0.25, 0.3) is 0 Å². The lowest BCUT2D eigenvalue weighted by molar-refractivity contribution is -0.113. The van der Waals surface area contributed by atoms with E-state index in [9.17, 15) is 9.18 Å². The number of nitrogens with one attached hydrogen (secondary N) is 1. The number of carbonyl (C=O) groups is 1. The molecule has 0 fully saturated rings. The van der Waals surface area contributed by atoms with Crippen LogP contribution in [0.25, 0.3) is 10.9 Å². The van der Waals surface area contributed by atoms with Crippen molar-refractivity contribution in [2.24, 2.45) is 0 Å². The first-order valence-corrected chi connectivity index (χ1v) is 10.8. The number of amides is 1. The number of anilines is 1. The third-order valence-electron chi connectivity index (χ3n) is 5.01. The third kappa shape index (κ3) is 4.22. The second-order valence-electron chi connectivity index (χ2n) is 7.17. The predicted molar refractivity (Wildman–Crippen MR) is 119 cm³/mol. The van der Waals surface area contributed by atoms with Crippen LogP contribution in [0.1, 0.15) is 5.56 Å². The fourth-order valence-corrected chi connectivity index (χ4v) is 4.49. The number of aromatic nitrogens is 1. The van der Waals surface area contributed by atoms with E-state index >= 15 is 0 Å². The van der Waals surface area contributed by atoms with Crippen molar-refractivity contribution in [2.75, 3.05) is 17.9 Å². The Balaban J connectivity index is 1.30. The van der Waals surface area contributed by atoms with E-state index in [1.54, 1.807) is 30.3 Å². The summed E-state index contributed by atoms with van der Waals surface area (Å²) >= 11 is 1.47. The van der Waals surface area contributed by atoms with Gasteiger partial charge >= 0.3 is 0 Å². The van der Waals surface area contributed by atoms with Crippen LogP contribution in [0.15, 0.2) is 77.8 Å². The Morgan fingerprint density at radius 3 is 2.81 bits per heavy atom. The van der Waals surface area contributed by atoms with Crippen molar-refractivity contribution in [3.63, 3.8) is 0 Å². The van der Waals surface area contributed by atoms with Crippen molar-refractivity contribution < 1.29 is 18.7 Å². The number of hydrogen-bond donors (Lipinski definition) is 1. The minimum atomic E-state index is -0.247. The summed E-state index contributed by atoms with van der Waals surface area (Å²) in [6.45, 7) is 0.754. The molecule has 0 bridgehead atoms. The molecule has 0 radical (unpaired) electrons. The highest BCUT2D eigenvalue weighted by Gasteiger charge is 2.15. The van der Waals surface area contributed by atoms with Crippen LogP contribution in [-0.4, -0.2) is 23.0 Å². The molecule has 1 N–H and O–H groups in total. The largest absolute Gasteiger partial charge is 0.454 e. The number of halogens is 1. The Morgan fingerprint density at radius 1 is 1.03 bits per heavy atom. The fourth-order valence-electron chi connectivity index (χ4n) is 3.61. The second-order valence-corrected chi connectivity index (χ2v) is 8.19. The molecule has 0 saturated heterocycles. The molecule has 0 unspecified atom stereocenters. The molecule has 5 rings (SSSR count). The van der Waals surface area contributed by atoms with Crippen LogP contribution in [0, 0.1) is 5.82 Å². The number of para-hydroxylation sites is 1. The van der Waals surface area contributed by atoms with Crippen molar-refractivity contribution in [3.8, 4) is 11.5 Å². The minimum absolute atomic E-state index is 0.106. The molecule has 0 aliphatic carbocycles. The van der Waals surface area contributed by atoms with Crippen LogP contribution in [0.4, 0.5) is 10.1 Å². The first-order valence-electron chi connectivity index (χ1n) is 9.80. The Bertz CT molecular complexity index is 1270. The number of thioether (sulfide) groups is 1. The number of fused-ring (bicyclic) bond motifs is 2. The molecule has 0 spiro atoms. The molecular formula is C24H19FN2O3S. The van der Waals surface area contributed by atoms with E-state index in [1.165, 1.54) is 17.8 Å². The van der Waals surface area contributed by atoms with Crippen molar-refractivity contribution in [2.45, 2.75) is 11.4 Å². The van der Waals surface area contributed by atoms with Gasteiger partial charge in [0, 0.05) is 40.3 Å². The normalized spacial score (nSPS) is 12.3. The topological polar surface area (TPSA) is 52.5 Å². The van der Waals surface area contributed by atoms with Gasteiger partial charge in [0.2, 0.25) is 12.7 Å². The molecule has 0 saturated carbocycles. The Kier molecular flexibility index (Phi) is 5.26. The summed E-state index contributed by atoms with van der Waals surface area (Å²) in [6, 6.07) is 20.0. The Labute approximate surface area is 182 Å². The summed E-state index contributed by atoms with van der Waals surface area (Å²) in [7, 11) is 0. The molecule has 4 aromatic rings. The molecule has 7 heteroatoms. The van der Waals surface area contributed by atoms with E-state index in [4.69, 9.17) is 9.47 Å². The van der Waals surface area contributed by atoms with E-state index in [-0.39, 0.29) is 24.3 Å². The number of benzene rings is 3. The van der Waals surface area contributed by atoms with Gasteiger partial charge in [-0.25, -0.2) is 4.39 Å². The van der Waals surface area contributed by atoms with Gasteiger partial charge in [-0.1, -0.05) is 30.3 Å². The number of rotatable bonds is 6. The van der Waals surface area contributed by atoms with Gasteiger partial charge in [-0.05, 0) is 35.9 Å². The van der Waals surface area contributed by atoms with E-state index in [2.05, 4.69) is 9.88 Å². The van der Waals surface area contributed by atoms with Crippen molar-refractivity contribution in [1.82, 2.24) is 4.57 Å². The molecule has 1 aromatic heterocycles. The molecule has 1 aliphatic rings. The molecule has 156 valence electrons. The second kappa shape index (κ2) is 8.35. The van der Waals surface area contributed by atoms with Gasteiger partial charge in [0.1, 0.15) is 5.82 Å². The quantitative estimate of drug-likeness (QED) is 0.419. The number of ether oxygens (including phenoxy) is 2. The van der Waals surface area contributed by atoms with E-state index in [0.29, 0.717) is 23.7 Å². The molecule has 1 amide bonds. The van der Waals surface area contributed by atoms with Gasteiger partial charge in [-0.2, -0.15) is 0 Å². The summed E-state index contributed by atoms with van der Waals surface area (Å²) in [5, 5.41) is 3.97. The third-order valence-corrected chi connectivity index (χ3v) is 6.05. The Morgan fingerprint density at radius 2 is 1.90 bits per heavy atom. The van der Waals surface area contributed by atoms with Gasteiger partial charge < -0.3 is 19.4 Å². The van der Waals surface area contributed by atoms with Gasteiger partial charge in [-0.15, -0.1) is 11.8 Å². The lowest BCUT2D eigenvalue weighted by Crippen LogP contribution is -2.13. The van der Waals surface area contributed by atoms with Crippen LogP contribution < -0.4 is 14.8 Å². The minimum Gasteiger partial charge on any atom is -0.454 e. The first-order chi connectivity index (χ1) is 15.2. The summed E-state index contributed by atoms with van der Waals surface area (Å²) < 4.78 is 26.3. The highest BCUT2D eigenvalue weighted by molar-refractivity contribution is 8.00. The molecule has 1 aliphatic heterocycles. The first kappa shape index (κ1) is 19.5. The summed E-state index contributed by atoms with van der Waals surface area (Å²) in [6.07, 6.45) is 2.02. The summed E-state index contributed by atoms with van der Waals surface area (Å²) in [5.74, 6) is 1.22. The monoisotopic (exact) mass is 434 g/mol. The molecule has 5 nitrogen and oxygen atoms in total. The lowest BCUT2D eigenvalue weighted by atomic mass is 10.2. The van der Waals surface area contributed by atoms with Crippen LogP contribution in [0.2, 0.25) is 0 Å². The maximum atomic E-state index is 13.6. The highest BCUT2D eigenvalue weighted by atomic mass is 32.2. The molecule has 2 heterocycles. The molecular weight excluding hydrogens is 415 g/mol. The Hall–Kier alpha value is -3.45. The van der Waals surface area contributed by atoms with Crippen LogP contribution in [0.5, 0.6) is 11.5 Å². The standard InChI is InChI=1S/C24H19FN2O3S/c25-17-5-3-4-16(10-17)12-27-13-23(19-6-1-2-7-20(19)27)31-14-24(28)26-18-8-9-21-22(11-18)30-15-29-21/h1-11,13H,12,14-15H2,(H,26,28). The van der Waals surface area contributed by atoms with Gasteiger partial charge in [0.05, 0.1) is 5.75 Å². The zero-order chi connectivity index (χ0) is 21.2. The van der Waals surface area contributed by atoms with E-state index in [1.807, 2.05) is 36.5 Å². The molecule has 31 heavy (non-hydrogen) atoms. The number of hydrogen-bond acceptors (Lipinski definition) is 4. The molecule has 3 aromatic carbocycles. The number of carbonyl (C=O) groups excluding carboxylic acids is 1. The average Bonchev–Trinajstić information content (AvgIpc) is 3.37.